The molecule has 2 aromatic rings. The molecule has 0 radical (unpaired) electrons. The molecule has 30 heavy (non-hydrogen) atoms. The lowest BCUT2D eigenvalue weighted by atomic mass is 9.96. The Bertz CT molecular complexity index is 863. The molecule has 0 heterocycles. The third kappa shape index (κ3) is 6.81. The predicted octanol–water partition coefficient (Wildman–Crippen LogP) is 3.48. The minimum Gasteiger partial charge on any atom is -0.462 e. The molecule has 0 bridgehead atoms. The number of ether oxygens (including phenoxy) is 2. The number of rotatable bonds is 10. The van der Waals surface area contributed by atoms with Gasteiger partial charge in [-0.25, -0.2) is 0 Å². The van der Waals surface area contributed by atoms with Crippen molar-refractivity contribution < 1.29 is 23.9 Å². The van der Waals surface area contributed by atoms with E-state index in [0.29, 0.717) is 23.1 Å². The van der Waals surface area contributed by atoms with Gasteiger partial charge in [-0.15, -0.1) is 0 Å². The Balaban J connectivity index is 1.87. The highest BCUT2D eigenvalue weighted by atomic mass is 16.6. The van der Waals surface area contributed by atoms with E-state index in [-0.39, 0.29) is 24.9 Å². The summed E-state index contributed by atoms with van der Waals surface area (Å²) < 4.78 is 10.3. The molecule has 0 amide bonds. The van der Waals surface area contributed by atoms with Gasteiger partial charge in [-0.1, -0.05) is 62.4 Å². The van der Waals surface area contributed by atoms with Crippen LogP contribution in [0.1, 0.15) is 54.6 Å². The SMILES string of the molecule is CC(C)C[C@H](N)C(=O)OCCOC(=O)C(C)c1cccc(C(=O)c2ccccc2)c1. The van der Waals surface area contributed by atoms with Crippen LogP contribution in [0.15, 0.2) is 54.6 Å². The fourth-order valence-corrected chi connectivity index (χ4v) is 2.96. The molecule has 6 heteroatoms. The maximum Gasteiger partial charge on any atom is 0.323 e. The Kier molecular flexibility index (Phi) is 8.74. The largest absolute Gasteiger partial charge is 0.462 e. The van der Waals surface area contributed by atoms with Crippen molar-refractivity contribution in [1.82, 2.24) is 0 Å². The number of ketones is 1. The highest BCUT2D eigenvalue weighted by molar-refractivity contribution is 6.09. The highest BCUT2D eigenvalue weighted by Gasteiger charge is 2.20. The molecule has 0 saturated heterocycles. The molecule has 0 aliphatic carbocycles. The molecule has 0 fully saturated rings. The van der Waals surface area contributed by atoms with Crippen LogP contribution in [0, 0.1) is 5.92 Å². The summed E-state index contributed by atoms with van der Waals surface area (Å²) in [6.07, 6.45) is 0.535. The van der Waals surface area contributed by atoms with Gasteiger partial charge in [-0.05, 0) is 30.9 Å². The number of carbonyl (C=O) groups excluding carboxylic acids is 3. The standard InChI is InChI=1S/C24H29NO5/c1-16(2)14-21(25)24(28)30-13-12-29-23(27)17(3)19-10-7-11-20(15-19)22(26)18-8-5-4-6-9-18/h4-11,15-17,21H,12-14,25H2,1-3H3/t17?,21-/m0/s1. The summed E-state index contributed by atoms with van der Waals surface area (Å²) in [6.45, 7) is 5.55. The molecule has 0 saturated carbocycles. The lowest BCUT2D eigenvalue weighted by molar-refractivity contribution is -0.154. The van der Waals surface area contributed by atoms with Gasteiger partial charge in [0.05, 0.1) is 5.92 Å². The maximum atomic E-state index is 12.6. The number of esters is 2. The van der Waals surface area contributed by atoms with Crippen LogP contribution in [-0.2, 0) is 19.1 Å². The molecule has 2 atom stereocenters. The normalized spacial score (nSPS) is 12.8. The van der Waals surface area contributed by atoms with Gasteiger partial charge in [0.15, 0.2) is 5.78 Å². The van der Waals surface area contributed by atoms with Crippen LogP contribution in [0.25, 0.3) is 0 Å². The molecular weight excluding hydrogens is 382 g/mol. The quantitative estimate of drug-likeness (QED) is 0.365. The van der Waals surface area contributed by atoms with Gasteiger partial charge in [-0.3, -0.25) is 14.4 Å². The average molecular weight is 411 g/mol. The van der Waals surface area contributed by atoms with Crippen LogP contribution < -0.4 is 5.73 Å². The first-order valence-electron chi connectivity index (χ1n) is 10.1. The fourth-order valence-electron chi connectivity index (χ4n) is 2.96. The smallest absolute Gasteiger partial charge is 0.323 e. The molecule has 1 unspecified atom stereocenters. The maximum absolute atomic E-state index is 12.6. The molecule has 2 N–H and O–H groups in total. The summed E-state index contributed by atoms with van der Waals surface area (Å²) in [5.41, 5.74) is 7.53. The summed E-state index contributed by atoms with van der Waals surface area (Å²) >= 11 is 0. The Hall–Kier alpha value is -2.99. The van der Waals surface area contributed by atoms with Crippen LogP contribution in [0.2, 0.25) is 0 Å². The van der Waals surface area contributed by atoms with Gasteiger partial charge in [0.25, 0.3) is 0 Å². The van der Waals surface area contributed by atoms with Crippen LogP contribution in [0.4, 0.5) is 0 Å². The number of hydrogen-bond donors (Lipinski definition) is 1. The number of hydrogen-bond acceptors (Lipinski definition) is 6. The van der Waals surface area contributed by atoms with Crippen molar-refractivity contribution in [3.63, 3.8) is 0 Å². The van der Waals surface area contributed by atoms with Gasteiger partial charge < -0.3 is 15.2 Å². The van der Waals surface area contributed by atoms with E-state index in [1.54, 1.807) is 55.5 Å². The van der Waals surface area contributed by atoms with E-state index in [0.717, 1.165) is 0 Å². The molecule has 6 nitrogen and oxygen atoms in total. The Morgan fingerprint density at radius 2 is 1.43 bits per heavy atom. The van der Waals surface area contributed by atoms with E-state index in [4.69, 9.17) is 15.2 Å². The highest BCUT2D eigenvalue weighted by Crippen LogP contribution is 2.20. The Labute approximate surface area is 177 Å². The number of benzene rings is 2. The zero-order valence-electron chi connectivity index (χ0n) is 17.7. The van der Waals surface area contributed by atoms with Crippen LogP contribution in [-0.4, -0.2) is 37.0 Å². The van der Waals surface area contributed by atoms with Crippen molar-refractivity contribution in [2.45, 2.75) is 39.2 Å². The molecular formula is C24H29NO5. The zero-order valence-corrected chi connectivity index (χ0v) is 17.7. The molecule has 160 valence electrons. The van der Waals surface area contributed by atoms with Gasteiger partial charge in [-0.2, -0.15) is 0 Å². The first kappa shape index (κ1) is 23.3. The first-order chi connectivity index (χ1) is 14.3. The van der Waals surface area contributed by atoms with Crippen molar-refractivity contribution >= 4 is 17.7 Å². The van der Waals surface area contributed by atoms with Crippen molar-refractivity contribution in [3.8, 4) is 0 Å². The van der Waals surface area contributed by atoms with E-state index in [9.17, 15) is 14.4 Å². The third-order valence-electron chi connectivity index (χ3n) is 4.64. The van der Waals surface area contributed by atoms with Crippen molar-refractivity contribution in [1.29, 1.82) is 0 Å². The predicted molar refractivity (Wildman–Crippen MR) is 114 cm³/mol. The average Bonchev–Trinajstić information content (AvgIpc) is 2.75. The summed E-state index contributed by atoms with van der Waals surface area (Å²) in [4.78, 5) is 36.7. The Morgan fingerprint density at radius 1 is 0.833 bits per heavy atom. The van der Waals surface area contributed by atoms with Crippen molar-refractivity contribution in [2.24, 2.45) is 11.7 Å². The summed E-state index contributed by atoms with van der Waals surface area (Å²) in [5.74, 6) is -1.34. The van der Waals surface area contributed by atoms with Crippen molar-refractivity contribution in [3.05, 3.63) is 71.3 Å². The van der Waals surface area contributed by atoms with Gasteiger partial charge in [0, 0.05) is 11.1 Å². The molecule has 0 spiro atoms. The summed E-state index contributed by atoms with van der Waals surface area (Å²) in [6, 6.07) is 15.2. The van der Waals surface area contributed by atoms with Crippen LogP contribution in [0.3, 0.4) is 0 Å². The third-order valence-corrected chi connectivity index (χ3v) is 4.64. The van der Waals surface area contributed by atoms with E-state index >= 15 is 0 Å². The summed E-state index contributed by atoms with van der Waals surface area (Å²) in [7, 11) is 0. The van der Waals surface area contributed by atoms with Crippen LogP contribution in [0.5, 0.6) is 0 Å². The number of carbonyl (C=O) groups is 3. The summed E-state index contributed by atoms with van der Waals surface area (Å²) in [5, 5.41) is 0. The van der Waals surface area contributed by atoms with Crippen LogP contribution >= 0.6 is 0 Å². The first-order valence-corrected chi connectivity index (χ1v) is 10.1. The molecule has 0 aliphatic rings. The molecule has 2 aromatic carbocycles. The second-order valence-corrected chi connectivity index (χ2v) is 7.61. The monoisotopic (exact) mass is 411 g/mol. The van der Waals surface area contributed by atoms with Gasteiger partial charge in [0.2, 0.25) is 0 Å². The van der Waals surface area contributed by atoms with E-state index in [2.05, 4.69) is 0 Å². The zero-order chi connectivity index (χ0) is 22.1. The minimum atomic E-state index is -0.676. The van der Waals surface area contributed by atoms with E-state index in [1.807, 2.05) is 19.9 Å². The molecule has 0 aliphatic heterocycles. The topological polar surface area (TPSA) is 95.7 Å². The molecule has 2 rings (SSSR count). The lowest BCUT2D eigenvalue weighted by Gasteiger charge is -2.15. The van der Waals surface area contributed by atoms with Gasteiger partial charge in [0.1, 0.15) is 19.3 Å². The van der Waals surface area contributed by atoms with Gasteiger partial charge >= 0.3 is 11.9 Å². The van der Waals surface area contributed by atoms with E-state index in [1.165, 1.54) is 0 Å². The fraction of sp³-hybridized carbons (Fsp3) is 0.375. The minimum absolute atomic E-state index is 0.0460. The Morgan fingerprint density at radius 3 is 2.07 bits per heavy atom. The second kappa shape index (κ2) is 11.3. The van der Waals surface area contributed by atoms with Crippen molar-refractivity contribution in [2.75, 3.05) is 13.2 Å². The van der Waals surface area contributed by atoms with E-state index < -0.39 is 23.9 Å². The second-order valence-electron chi connectivity index (χ2n) is 7.61. The molecule has 0 aromatic heterocycles. The number of nitrogens with two attached hydrogens (primary N) is 1. The lowest BCUT2D eigenvalue weighted by Crippen LogP contribution is -2.34.